The molecule has 1 N–H and O–H groups in total. The highest BCUT2D eigenvalue weighted by Gasteiger charge is 2.21. The summed E-state index contributed by atoms with van der Waals surface area (Å²) in [6.45, 7) is 8.27. The van der Waals surface area contributed by atoms with Gasteiger partial charge in [-0.3, -0.25) is 0 Å². The van der Waals surface area contributed by atoms with Crippen molar-refractivity contribution in [1.29, 1.82) is 0 Å². The molecule has 1 heterocycles. The molecular weight excluding hydrogens is 210 g/mol. The average Bonchev–Trinajstić information content (AvgIpc) is 2.69. The van der Waals surface area contributed by atoms with E-state index in [1.54, 1.807) is 0 Å². The second-order valence-electron chi connectivity index (χ2n) is 5.50. The van der Waals surface area contributed by atoms with Crippen LogP contribution in [0, 0.1) is 0 Å². The smallest absolute Gasteiger partial charge is 0.0220 e. The number of likely N-dealkylation sites (N-methyl/N-ethyl adjacent to an activating group) is 2. The fraction of sp³-hybridized carbons (Fsp3) is 1.00. The lowest BCUT2D eigenvalue weighted by Crippen LogP contribution is -2.39. The Morgan fingerprint density at radius 1 is 1.29 bits per heavy atom. The molecule has 0 spiro atoms. The third-order valence-corrected chi connectivity index (χ3v) is 3.82. The first-order chi connectivity index (χ1) is 8.24. The molecule has 0 bridgehead atoms. The molecule has 3 heteroatoms. The standard InChI is InChI=1S/C14H31N3/c1-4-5-6-9-15-10-12-16(2)13-14-8-7-11-17(14)3/h14-15H,4-13H2,1-3H3. The molecule has 0 aromatic heterocycles. The Bertz CT molecular complexity index is 184. The van der Waals surface area contributed by atoms with Crippen LogP contribution in [0.3, 0.4) is 0 Å². The van der Waals surface area contributed by atoms with E-state index >= 15 is 0 Å². The summed E-state index contributed by atoms with van der Waals surface area (Å²) >= 11 is 0. The lowest BCUT2D eigenvalue weighted by atomic mass is 10.2. The molecule has 0 saturated carbocycles. The van der Waals surface area contributed by atoms with Gasteiger partial charge in [-0.25, -0.2) is 0 Å². The molecule has 1 unspecified atom stereocenters. The minimum absolute atomic E-state index is 0.792. The third-order valence-electron chi connectivity index (χ3n) is 3.82. The highest BCUT2D eigenvalue weighted by molar-refractivity contribution is 4.78. The van der Waals surface area contributed by atoms with Crippen LogP contribution in [0.25, 0.3) is 0 Å². The molecule has 1 fully saturated rings. The summed E-state index contributed by atoms with van der Waals surface area (Å²) in [6, 6.07) is 0.792. The zero-order chi connectivity index (χ0) is 12.5. The Morgan fingerprint density at radius 3 is 2.76 bits per heavy atom. The molecule has 1 aliphatic rings. The van der Waals surface area contributed by atoms with E-state index < -0.39 is 0 Å². The minimum Gasteiger partial charge on any atom is -0.315 e. The van der Waals surface area contributed by atoms with Crippen molar-refractivity contribution in [1.82, 2.24) is 15.1 Å². The average molecular weight is 241 g/mol. The van der Waals surface area contributed by atoms with Gasteiger partial charge in [-0.15, -0.1) is 0 Å². The van der Waals surface area contributed by atoms with Gasteiger partial charge in [-0.1, -0.05) is 19.8 Å². The van der Waals surface area contributed by atoms with E-state index in [2.05, 4.69) is 36.1 Å². The van der Waals surface area contributed by atoms with Crippen molar-refractivity contribution < 1.29 is 0 Å². The van der Waals surface area contributed by atoms with Crippen LogP contribution in [0.1, 0.15) is 39.0 Å². The zero-order valence-corrected chi connectivity index (χ0v) is 12.0. The summed E-state index contributed by atoms with van der Waals surface area (Å²) in [5.74, 6) is 0. The summed E-state index contributed by atoms with van der Waals surface area (Å²) in [5.41, 5.74) is 0. The van der Waals surface area contributed by atoms with Crippen LogP contribution in [0.5, 0.6) is 0 Å². The van der Waals surface area contributed by atoms with Gasteiger partial charge in [0.25, 0.3) is 0 Å². The predicted molar refractivity (Wildman–Crippen MR) is 75.5 cm³/mol. The van der Waals surface area contributed by atoms with Gasteiger partial charge in [0, 0.05) is 25.7 Å². The second kappa shape index (κ2) is 8.90. The van der Waals surface area contributed by atoms with E-state index in [-0.39, 0.29) is 0 Å². The maximum absolute atomic E-state index is 3.53. The topological polar surface area (TPSA) is 18.5 Å². The first kappa shape index (κ1) is 14.9. The molecule has 0 amide bonds. The number of likely N-dealkylation sites (tertiary alicyclic amines) is 1. The molecular formula is C14H31N3. The number of nitrogens with zero attached hydrogens (tertiary/aromatic N) is 2. The third kappa shape index (κ3) is 6.39. The fourth-order valence-corrected chi connectivity index (χ4v) is 2.56. The second-order valence-corrected chi connectivity index (χ2v) is 5.50. The van der Waals surface area contributed by atoms with Gasteiger partial charge in [-0.2, -0.15) is 0 Å². The number of hydrogen-bond acceptors (Lipinski definition) is 3. The maximum Gasteiger partial charge on any atom is 0.0220 e. The van der Waals surface area contributed by atoms with Gasteiger partial charge >= 0.3 is 0 Å². The first-order valence-electron chi connectivity index (χ1n) is 7.33. The normalized spacial score (nSPS) is 21.5. The largest absolute Gasteiger partial charge is 0.315 e. The van der Waals surface area contributed by atoms with Gasteiger partial charge in [-0.05, 0) is 46.4 Å². The fourth-order valence-electron chi connectivity index (χ4n) is 2.56. The predicted octanol–water partition coefficient (Wildman–Crippen LogP) is 1.79. The Morgan fingerprint density at radius 2 is 2.12 bits per heavy atom. The van der Waals surface area contributed by atoms with E-state index in [9.17, 15) is 0 Å². The SMILES string of the molecule is CCCCCNCCN(C)CC1CCCN1C. The van der Waals surface area contributed by atoms with E-state index in [0.29, 0.717) is 0 Å². The molecule has 1 atom stereocenters. The van der Waals surface area contributed by atoms with Crippen molar-refractivity contribution in [3.63, 3.8) is 0 Å². The molecule has 0 aliphatic carbocycles. The van der Waals surface area contributed by atoms with Crippen LogP contribution in [-0.4, -0.2) is 62.7 Å². The van der Waals surface area contributed by atoms with Crippen LogP contribution in [-0.2, 0) is 0 Å². The quantitative estimate of drug-likeness (QED) is 0.621. The summed E-state index contributed by atoms with van der Waals surface area (Å²) < 4.78 is 0. The summed E-state index contributed by atoms with van der Waals surface area (Å²) in [4.78, 5) is 4.98. The van der Waals surface area contributed by atoms with Gasteiger partial charge < -0.3 is 15.1 Å². The Labute approximate surface area is 108 Å². The number of unbranched alkanes of at least 4 members (excludes halogenated alkanes) is 2. The molecule has 17 heavy (non-hydrogen) atoms. The highest BCUT2D eigenvalue weighted by Crippen LogP contribution is 2.14. The first-order valence-corrected chi connectivity index (χ1v) is 7.33. The monoisotopic (exact) mass is 241 g/mol. The number of nitrogens with one attached hydrogen (secondary N) is 1. The van der Waals surface area contributed by atoms with Crippen molar-refractivity contribution in [3.8, 4) is 0 Å². The molecule has 0 radical (unpaired) electrons. The molecule has 1 rings (SSSR count). The molecule has 1 aliphatic heterocycles. The van der Waals surface area contributed by atoms with Crippen LogP contribution in [0.4, 0.5) is 0 Å². The molecule has 102 valence electrons. The Balaban J connectivity index is 1.95. The van der Waals surface area contributed by atoms with Gasteiger partial charge in [0.05, 0.1) is 0 Å². The van der Waals surface area contributed by atoms with Crippen molar-refractivity contribution in [2.24, 2.45) is 0 Å². The Kier molecular flexibility index (Phi) is 7.82. The van der Waals surface area contributed by atoms with Crippen molar-refractivity contribution in [3.05, 3.63) is 0 Å². The van der Waals surface area contributed by atoms with E-state index in [1.165, 1.54) is 58.3 Å². The maximum atomic E-state index is 3.53. The lowest BCUT2D eigenvalue weighted by Gasteiger charge is -2.25. The minimum atomic E-state index is 0.792. The molecule has 3 nitrogen and oxygen atoms in total. The van der Waals surface area contributed by atoms with Crippen molar-refractivity contribution in [2.75, 3.05) is 46.8 Å². The zero-order valence-electron chi connectivity index (χ0n) is 12.0. The van der Waals surface area contributed by atoms with Crippen LogP contribution < -0.4 is 5.32 Å². The van der Waals surface area contributed by atoms with Gasteiger partial charge in [0.15, 0.2) is 0 Å². The van der Waals surface area contributed by atoms with Gasteiger partial charge in [0.1, 0.15) is 0 Å². The Hall–Kier alpha value is -0.120. The van der Waals surface area contributed by atoms with Gasteiger partial charge in [0.2, 0.25) is 0 Å². The summed E-state index contributed by atoms with van der Waals surface area (Å²) in [7, 11) is 4.51. The van der Waals surface area contributed by atoms with E-state index in [1.807, 2.05) is 0 Å². The molecule has 1 saturated heterocycles. The molecule has 0 aromatic carbocycles. The number of rotatable bonds is 9. The summed E-state index contributed by atoms with van der Waals surface area (Å²) in [5, 5.41) is 3.53. The van der Waals surface area contributed by atoms with Crippen LogP contribution in [0.2, 0.25) is 0 Å². The number of hydrogen-bond donors (Lipinski definition) is 1. The molecule has 0 aromatic rings. The summed E-state index contributed by atoms with van der Waals surface area (Å²) in [6.07, 6.45) is 6.76. The highest BCUT2D eigenvalue weighted by atomic mass is 15.2. The van der Waals surface area contributed by atoms with Crippen molar-refractivity contribution >= 4 is 0 Å². The van der Waals surface area contributed by atoms with Crippen LogP contribution in [0.15, 0.2) is 0 Å². The van der Waals surface area contributed by atoms with E-state index in [4.69, 9.17) is 0 Å². The van der Waals surface area contributed by atoms with Crippen LogP contribution >= 0.6 is 0 Å². The van der Waals surface area contributed by atoms with Crippen molar-refractivity contribution in [2.45, 2.75) is 45.1 Å². The van der Waals surface area contributed by atoms with E-state index in [0.717, 1.165) is 12.6 Å². The lowest BCUT2D eigenvalue weighted by molar-refractivity contribution is 0.220.